The molecule has 0 aliphatic rings. The van der Waals surface area contributed by atoms with Crippen molar-refractivity contribution in [2.75, 3.05) is 7.11 Å². The first-order chi connectivity index (χ1) is 13.6. The van der Waals surface area contributed by atoms with Gasteiger partial charge in [-0.15, -0.1) is 0 Å². The molecular formula is C22H21N3O3. The normalized spacial score (nSPS) is 11.6. The molecule has 0 aliphatic carbocycles. The monoisotopic (exact) mass is 375 g/mol. The van der Waals surface area contributed by atoms with Crippen molar-refractivity contribution in [1.82, 2.24) is 10.3 Å². The lowest BCUT2D eigenvalue weighted by Crippen LogP contribution is -2.43. The fraction of sp³-hybridized carbons (Fsp3) is 0.227. The second-order valence-corrected chi connectivity index (χ2v) is 6.52. The Bertz CT molecular complexity index is 1020. The van der Waals surface area contributed by atoms with E-state index in [1.54, 1.807) is 12.1 Å². The molecule has 1 atom stereocenters. The third-order valence-electron chi connectivity index (χ3n) is 4.64. The molecular weight excluding hydrogens is 354 g/mol. The van der Waals surface area contributed by atoms with Gasteiger partial charge in [-0.2, -0.15) is 5.26 Å². The molecule has 6 heteroatoms. The molecule has 0 radical (unpaired) electrons. The number of benzene rings is 2. The predicted molar refractivity (Wildman–Crippen MR) is 105 cm³/mol. The van der Waals surface area contributed by atoms with E-state index in [9.17, 15) is 9.59 Å². The molecule has 3 aromatic rings. The fourth-order valence-electron chi connectivity index (χ4n) is 3.13. The summed E-state index contributed by atoms with van der Waals surface area (Å²) in [4.78, 5) is 27.7. The number of carbonyl (C=O) groups excluding carboxylic acids is 2. The van der Waals surface area contributed by atoms with E-state index in [2.05, 4.69) is 16.4 Å². The number of nitrogens with one attached hydrogen (secondary N) is 2. The van der Waals surface area contributed by atoms with Gasteiger partial charge in [-0.1, -0.05) is 30.3 Å². The number of esters is 1. The van der Waals surface area contributed by atoms with Crippen LogP contribution in [0.25, 0.3) is 10.9 Å². The summed E-state index contributed by atoms with van der Waals surface area (Å²) < 4.78 is 4.87. The topological polar surface area (TPSA) is 95.0 Å². The van der Waals surface area contributed by atoms with E-state index in [1.165, 1.54) is 7.11 Å². The lowest BCUT2D eigenvalue weighted by atomic mass is 10.0. The Morgan fingerprint density at radius 1 is 1.18 bits per heavy atom. The van der Waals surface area contributed by atoms with Crippen LogP contribution >= 0.6 is 0 Å². The van der Waals surface area contributed by atoms with Gasteiger partial charge in [0.05, 0.1) is 18.7 Å². The van der Waals surface area contributed by atoms with Gasteiger partial charge in [-0.3, -0.25) is 4.79 Å². The maximum atomic E-state index is 12.4. The van der Waals surface area contributed by atoms with E-state index in [4.69, 9.17) is 10.00 Å². The van der Waals surface area contributed by atoms with Crippen LogP contribution < -0.4 is 5.32 Å². The Balaban J connectivity index is 1.64. The zero-order valence-corrected chi connectivity index (χ0v) is 15.6. The van der Waals surface area contributed by atoms with Crippen molar-refractivity contribution in [1.29, 1.82) is 5.26 Å². The zero-order chi connectivity index (χ0) is 19.9. The van der Waals surface area contributed by atoms with Crippen molar-refractivity contribution in [3.05, 3.63) is 71.4 Å². The number of ether oxygens (including phenoxy) is 1. The lowest BCUT2D eigenvalue weighted by Gasteiger charge is -2.16. The summed E-state index contributed by atoms with van der Waals surface area (Å²) in [6.07, 6.45) is 2.97. The number of methoxy groups -OCH3 is 1. The number of H-pyrrole nitrogens is 1. The Morgan fingerprint density at radius 3 is 2.64 bits per heavy atom. The summed E-state index contributed by atoms with van der Waals surface area (Å²) in [6, 6.07) is 16.2. The van der Waals surface area contributed by atoms with Gasteiger partial charge in [-0.25, -0.2) is 4.79 Å². The van der Waals surface area contributed by atoms with Crippen LogP contribution in [0.3, 0.4) is 0 Å². The number of hydrogen-bond acceptors (Lipinski definition) is 4. The average molecular weight is 375 g/mol. The number of para-hydroxylation sites is 1. The van der Waals surface area contributed by atoms with Crippen LogP contribution in [0.15, 0.2) is 54.7 Å². The molecule has 1 amide bonds. The Morgan fingerprint density at radius 2 is 1.93 bits per heavy atom. The van der Waals surface area contributed by atoms with Crippen molar-refractivity contribution in [2.24, 2.45) is 0 Å². The minimum Gasteiger partial charge on any atom is -0.467 e. The van der Waals surface area contributed by atoms with E-state index < -0.39 is 12.0 Å². The molecule has 1 unspecified atom stereocenters. The van der Waals surface area contributed by atoms with Gasteiger partial charge in [0.2, 0.25) is 5.91 Å². The van der Waals surface area contributed by atoms with Gasteiger partial charge in [0.25, 0.3) is 0 Å². The summed E-state index contributed by atoms with van der Waals surface area (Å²) in [6.45, 7) is 0. The highest BCUT2D eigenvalue weighted by molar-refractivity contribution is 5.87. The molecule has 0 saturated heterocycles. The Hall–Kier alpha value is -3.59. The van der Waals surface area contributed by atoms with Crippen molar-refractivity contribution < 1.29 is 14.3 Å². The number of nitrogens with zero attached hydrogens (tertiary/aromatic N) is 1. The SMILES string of the molecule is COC(=O)C(Cc1c[nH]c2ccccc12)NC(=O)CCc1ccc(C#N)cc1. The van der Waals surface area contributed by atoms with Crippen molar-refractivity contribution in [3.8, 4) is 6.07 Å². The summed E-state index contributed by atoms with van der Waals surface area (Å²) >= 11 is 0. The maximum absolute atomic E-state index is 12.4. The summed E-state index contributed by atoms with van der Waals surface area (Å²) in [7, 11) is 1.31. The largest absolute Gasteiger partial charge is 0.467 e. The van der Waals surface area contributed by atoms with Gasteiger partial charge in [-0.05, 0) is 35.7 Å². The first-order valence-electron chi connectivity index (χ1n) is 9.02. The lowest BCUT2D eigenvalue weighted by molar-refractivity contribution is -0.145. The van der Waals surface area contributed by atoms with Gasteiger partial charge in [0.15, 0.2) is 0 Å². The Kier molecular flexibility index (Phi) is 6.07. The third-order valence-corrected chi connectivity index (χ3v) is 4.64. The van der Waals surface area contributed by atoms with E-state index >= 15 is 0 Å². The van der Waals surface area contributed by atoms with Crippen molar-refractivity contribution >= 4 is 22.8 Å². The van der Waals surface area contributed by atoms with Gasteiger partial charge in [0, 0.05) is 29.9 Å². The molecule has 1 aromatic heterocycles. The number of aromatic amines is 1. The van der Waals surface area contributed by atoms with Crippen LogP contribution in [-0.4, -0.2) is 30.0 Å². The highest BCUT2D eigenvalue weighted by atomic mass is 16.5. The van der Waals surface area contributed by atoms with Crippen LogP contribution in [0.1, 0.15) is 23.1 Å². The number of hydrogen-bond donors (Lipinski definition) is 2. The Labute approximate surface area is 163 Å². The molecule has 6 nitrogen and oxygen atoms in total. The van der Waals surface area contributed by atoms with Crippen molar-refractivity contribution in [2.45, 2.75) is 25.3 Å². The molecule has 0 spiro atoms. The standard InChI is InChI=1S/C22H21N3O3/c1-28-22(27)20(12-17-14-24-19-5-3-2-4-18(17)19)25-21(26)11-10-15-6-8-16(13-23)9-7-15/h2-9,14,20,24H,10-12H2,1H3,(H,25,26). The average Bonchev–Trinajstić information content (AvgIpc) is 3.14. The fourth-order valence-corrected chi connectivity index (χ4v) is 3.13. The van der Waals surface area contributed by atoms with Gasteiger partial charge >= 0.3 is 5.97 Å². The second kappa shape index (κ2) is 8.87. The number of amides is 1. The maximum Gasteiger partial charge on any atom is 0.328 e. The van der Waals surface area contributed by atoms with E-state index in [0.29, 0.717) is 18.4 Å². The smallest absolute Gasteiger partial charge is 0.328 e. The molecule has 0 bridgehead atoms. The highest BCUT2D eigenvalue weighted by Crippen LogP contribution is 2.19. The summed E-state index contributed by atoms with van der Waals surface area (Å²) in [5, 5.41) is 12.6. The zero-order valence-electron chi connectivity index (χ0n) is 15.6. The summed E-state index contributed by atoms with van der Waals surface area (Å²) in [5.74, 6) is -0.698. The molecule has 2 N–H and O–H groups in total. The van der Waals surface area contributed by atoms with Crippen LogP contribution in [0.2, 0.25) is 0 Å². The molecule has 0 fully saturated rings. The van der Waals surface area contributed by atoms with E-state index in [0.717, 1.165) is 22.0 Å². The van der Waals surface area contributed by atoms with Crippen LogP contribution in [0.4, 0.5) is 0 Å². The molecule has 2 aromatic carbocycles. The van der Waals surface area contributed by atoms with Gasteiger partial charge in [0.1, 0.15) is 6.04 Å². The van der Waals surface area contributed by atoms with Crippen LogP contribution in [0, 0.1) is 11.3 Å². The van der Waals surface area contributed by atoms with Crippen molar-refractivity contribution in [3.63, 3.8) is 0 Å². The minimum atomic E-state index is -0.752. The quantitative estimate of drug-likeness (QED) is 0.621. The molecule has 0 aliphatic heterocycles. The minimum absolute atomic E-state index is 0.223. The number of carbonyl (C=O) groups is 2. The van der Waals surface area contributed by atoms with E-state index in [1.807, 2.05) is 42.6 Å². The van der Waals surface area contributed by atoms with E-state index in [-0.39, 0.29) is 12.3 Å². The number of aromatic nitrogens is 1. The number of aryl methyl sites for hydroxylation is 1. The summed E-state index contributed by atoms with van der Waals surface area (Å²) in [5.41, 5.74) is 3.46. The third kappa shape index (κ3) is 4.57. The molecule has 3 rings (SSSR count). The first-order valence-corrected chi connectivity index (χ1v) is 9.02. The number of rotatable bonds is 7. The molecule has 142 valence electrons. The molecule has 1 heterocycles. The first kappa shape index (κ1) is 19.2. The number of nitriles is 1. The molecule has 0 saturated carbocycles. The predicted octanol–water partition coefficient (Wildman–Crippen LogP) is 2.87. The molecule has 28 heavy (non-hydrogen) atoms. The van der Waals surface area contributed by atoms with Crippen LogP contribution in [0.5, 0.6) is 0 Å². The number of fused-ring (bicyclic) bond motifs is 1. The van der Waals surface area contributed by atoms with Crippen LogP contribution in [-0.2, 0) is 27.2 Å². The van der Waals surface area contributed by atoms with Gasteiger partial charge < -0.3 is 15.0 Å². The second-order valence-electron chi connectivity index (χ2n) is 6.52. The highest BCUT2D eigenvalue weighted by Gasteiger charge is 2.23.